The monoisotopic (exact) mass is 332 g/mol. The number of amides is 1. The Morgan fingerprint density at radius 1 is 1.50 bits per heavy atom. The molecule has 0 N–H and O–H groups in total. The lowest BCUT2D eigenvalue weighted by molar-refractivity contribution is -0.138. The fourth-order valence-corrected chi connectivity index (χ4v) is 2.60. The number of tetrazole rings is 1. The molecule has 1 atom stereocenters. The van der Waals surface area contributed by atoms with Crippen molar-refractivity contribution < 1.29 is 14.3 Å². The normalized spacial score (nSPS) is 17.9. The molecule has 1 saturated heterocycles. The first-order chi connectivity index (χ1) is 11.8. The summed E-state index contributed by atoms with van der Waals surface area (Å²) in [7, 11) is 1.62. The second-order valence-corrected chi connectivity index (χ2v) is 5.49. The highest BCUT2D eigenvalue weighted by molar-refractivity contribution is 5.78. The van der Waals surface area contributed by atoms with Gasteiger partial charge in [-0.1, -0.05) is 6.07 Å². The molecule has 3 rings (SSSR count). The highest BCUT2D eigenvalue weighted by atomic mass is 16.5. The van der Waals surface area contributed by atoms with Gasteiger partial charge < -0.3 is 14.4 Å². The molecule has 24 heavy (non-hydrogen) atoms. The number of rotatable bonds is 6. The fraction of sp³-hybridized carbons (Fsp3) is 0.533. The number of nitrogens with zero attached hydrogens (tertiary/aromatic N) is 6. The molecular formula is C15H20N6O3. The van der Waals surface area contributed by atoms with Crippen LogP contribution < -0.4 is 0 Å². The summed E-state index contributed by atoms with van der Waals surface area (Å²) >= 11 is 0. The van der Waals surface area contributed by atoms with Crippen molar-refractivity contribution >= 4 is 5.91 Å². The standard InChI is InChI=1S/C15H20N6O3/c1-23-7-6-21-15(17-18-19-21)13-11-20(5-8-24-13)14(22)9-12-3-2-4-16-10-12/h2-4,10,13H,5-9,11H2,1H3. The molecule has 1 unspecified atom stereocenters. The van der Waals surface area contributed by atoms with Gasteiger partial charge in [0.05, 0.1) is 32.7 Å². The van der Waals surface area contributed by atoms with Crippen molar-refractivity contribution in [1.82, 2.24) is 30.1 Å². The molecular weight excluding hydrogens is 312 g/mol. The summed E-state index contributed by atoms with van der Waals surface area (Å²) in [4.78, 5) is 18.3. The van der Waals surface area contributed by atoms with Crippen molar-refractivity contribution in [2.75, 3.05) is 33.4 Å². The number of ether oxygens (including phenoxy) is 2. The van der Waals surface area contributed by atoms with Crippen LogP contribution in [0.5, 0.6) is 0 Å². The van der Waals surface area contributed by atoms with Crippen LogP contribution in [0.1, 0.15) is 17.5 Å². The number of aromatic nitrogens is 5. The maximum Gasteiger partial charge on any atom is 0.227 e. The summed E-state index contributed by atoms with van der Waals surface area (Å²) in [5.41, 5.74) is 0.899. The topological polar surface area (TPSA) is 95.3 Å². The number of pyridine rings is 1. The Morgan fingerprint density at radius 2 is 2.42 bits per heavy atom. The number of methoxy groups -OCH3 is 1. The number of carbonyl (C=O) groups is 1. The maximum absolute atomic E-state index is 12.5. The fourth-order valence-electron chi connectivity index (χ4n) is 2.60. The van der Waals surface area contributed by atoms with Gasteiger partial charge in [-0.05, 0) is 22.1 Å². The predicted octanol–water partition coefficient (Wildman–Crippen LogP) is -0.143. The van der Waals surface area contributed by atoms with E-state index < -0.39 is 0 Å². The quantitative estimate of drug-likeness (QED) is 0.726. The molecule has 1 aliphatic heterocycles. The number of hydrogen-bond donors (Lipinski definition) is 0. The molecule has 1 amide bonds. The maximum atomic E-state index is 12.5. The van der Waals surface area contributed by atoms with Crippen LogP contribution in [0.4, 0.5) is 0 Å². The summed E-state index contributed by atoms with van der Waals surface area (Å²) < 4.78 is 12.5. The molecule has 1 fully saturated rings. The third kappa shape index (κ3) is 3.92. The van der Waals surface area contributed by atoms with Crippen LogP contribution in [-0.4, -0.2) is 69.4 Å². The van der Waals surface area contributed by atoms with Crippen LogP contribution in [0.15, 0.2) is 24.5 Å². The molecule has 0 bridgehead atoms. The van der Waals surface area contributed by atoms with E-state index in [-0.39, 0.29) is 12.0 Å². The van der Waals surface area contributed by atoms with Gasteiger partial charge in [0.25, 0.3) is 0 Å². The third-order valence-corrected chi connectivity index (χ3v) is 3.85. The van der Waals surface area contributed by atoms with E-state index in [4.69, 9.17) is 9.47 Å². The second-order valence-electron chi connectivity index (χ2n) is 5.49. The van der Waals surface area contributed by atoms with Crippen LogP contribution in [0.25, 0.3) is 0 Å². The first kappa shape index (κ1) is 16.5. The lowest BCUT2D eigenvalue weighted by atomic mass is 10.1. The van der Waals surface area contributed by atoms with E-state index in [0.717, 1.165) is 5.56 Å². The van der Waals surface area contributed by atoms with Gasteiger partial charge in [0.15, 0.2) is 5.82 Å². The number of carbonyl (C=O) groups excluding carboxylic acids is 1. The summed E-state index contributed by atoms with van der Waals surface area (Å²) in [6.07, 6.45) is 3.40. The minimum Gasteiger partial charge on any atom is -0.383 e. The number of morpholine rings is 1. The van der Waals surface area contributed by atoms with Gasteiger partial charge in [-0.2, -0.15) is 0 Å². The van der Waals surface area contributed by atoms with Gasteiger partial charge in [-0.25, -0.2) is 4.68 Å². The van der Waals surface area contributed by atoms with E-state index in [2.05, 4.69) is 20.5 Å². The molecule has 9 nitrogen and oxygen atoms in total. The van der Waals surface area contributed by atoms with E-state index in [1.165, 1.54) is 0 Å². The van der Waals surface area contributed by atoms with Gasteiger partial charge >= 0.3 is 0 Å². The minimum atomic E-state index is -0.330. The Morgan fingerprint density at radius 3 is 3.21 bits per heavy atom. The average Bonchev–Trinajstić information content (AvgIpc) is 3.09. The van der Waals surface area contributed by atoms with Crippen molar-refractivity contribution in [2.24, 2.45) is 0 Å². The Balaban J connectivity index is 1.64. The average molecular weight is 332 g/mol. The first-order valence-electron chi connectivity index (χ1n) is 7.81. The lowest BCUT2D eigenvalue weighted by Crippen LogP contribution is -2.43. The highest BCUT2D eigenvalue weighted by Crippen LogP contribution is 2.20. The van der Waals surface area contributed by atoms with Gasteiger partial charge in [0.2, 0.25) is 5.91 Å². The van der Waals surface area contributed by atoms with Crippen molar-refractivity contribution in [3.8, 4) is 0 Å². The summed E-state index contributed by atoms with van der Waals surface area (Å²) in [6, 6.07) is 3.73. The Hall–Kier alpha value is -2.39. The lowest BCUT2D eigenvalue weighted by Gasteiger charge is -2.32. The van der Waals surface area contributed by atoms with Crippen molar-refractivity contribution in [1.29, 1.82) is 0 Å². The molecule has 0 radical (unpaired) electrons. The van der Waals surface area contributed by atoms with E-state index >= 15 is 0 Å². The SMILES string of the molecule is COCCn1nnnc1C1CN(C(=O)Cc2cccnc2)CCO1. The van der Waals surface area contributed by atoms with Crippen LogP contribution >= 0.6 is 0 Å². The zero-order chi connectivity index (χ0) is 16.8. The predicted molar refractivity (Wildman–Crippen MR) is 82.9 cm³/mol. The molecule has 0 aliphatic carbocycles. The molecule has 3 heterocycles. The van der Waals surface area contributed by atoms with E-state index in [1.807, 2.05) is 12.1 Å². The van der Waals surface area contributed by atoms with Crippen LogP contribution in [0.2, 0.25) is 0 Å². The molecule has 2 aromatic heterocycles. The summed E-state index contributed by atoms with van der Waals surface area (Å²) in [5, 5.41) is 11.7. The third-order valence-electron chi connectivity index (χ3n) is 3.85. The second kappa shape index (κ2) is 7.93. The van der Waals surface area contributed by atoms with E-state index in [1.54, 1.807) is 29.1 Å². The van der Waals surface area contributed by atoms with Crippen molar-refractivity contribution in [3.05, 3.63) is 35.9 Å². The van der Waals surface area contributed by atoms with E-state index in [9.17, 15) is 4.79 Å². The van der Waals surface area contributed by atoms with Crippen LogP contribution in [0.3, 0.4) is 0 Å². The molecule has 0 saturated carbocycles. The Kier molecular flexibility index (Phi) is 5.44. The Labute approximate surface area is 139 Å². The van der Waals surface area contributed by atoms with Gasteiger partial charge in [-0.3, -0.25) is 9.78 Å². The highest BCUT2D eigenvalue weighted by Gasteiger charge is 2.29. The molecule has 0 spiro atoms. The summed E-state index contributed by atoms with van der Waals surface area (Å²) in [5.74, 6) is 0.665. The van der Waals surface area contributed by atoms with Crippen molar-refractivity contribution in [2.45, 2.75) is 19.1 Å². The van der Waals surface area contributed by atoms with Gasteiger partial charge in [0, 0.05) is 26.0 Å². The Bertz CT molecular complexity index is 662. The number of hydrogen-bond acceptors (Lipinski definition) is 7. The largest absolute Gasteiger partial charge is 0.383 e. The zero-order valence-electron chi connectivity index (χ0n) is 13.5. The van der Waals surface area contributed by atoms with Crippen LogP contribution in [-0.2, 0) is 27.2 Å². The molecule has 9 heteroatoms. The zero-order valence-corrected chi connectivity index (χ0v) is 13.5. The van der Waals surface area contributed by atoms with Crippen molar-refractivity contribution in [3.63, 3.8) is 0 Å². The first-order valence-corrected chi connectivity index (χ1v) is 7.81. The van der Waals surface area contributed by atoms with Gasteiger partial charge in [-0.15, -0.1) is 5.10 Å². The molecule has 2 aromatic rings. The molecule has 1 aliphatic rings. The smallest absolute Gasteiger partial charge is 0.227 e. The van der Waals surface area contributed by atoms with Crippen LogP contribution in [0, 0.1) is 0 Å². The molecule has 128 valence electrons. The summed E-state index contributed by atoms with van der Waals surface area (Å²) in [6.45, 7) is 2.51. The van der Waals surface area contributed by atoms with Gasteiger partial charge in [0.1, 0.15) is 6.10 Å². The molecule has 0 aromatic carbocycles. The minimum absolute atomic E-state index is 0.0483. The van der Waals surface area contributed by atoms with E-state index in [0.29, 0.717) is 45.1 Å².